The molecule has 0 aliphatic heterocycles. The molecule has 0 aromatic rings. The van der Waals surface area contributed by atoms with Crippen LogP contribution < -0.4 is 10.2 Å². The average molecular weight is 1250 g/mol. The van der Waals surface area contributed by atoms with Gasteiger partial charge < -0.3 is 28.8 Å². The Bertz CT molecular complexity index is 1670. The topological polar surface area (TPSA) is 108 Å². The van der Waals surface area contributed by atoms with E-state index in [2.05, 4.69) is 79.9 Å². The van der Waals surface area contributed by atoms with E-state index >= 15 is 0 Å². The van der Waals surface area contributed by atoms with Crippen LogP contribution in [0.4, 0.5) is 0 Å². The number of rotatable bonds is 71. The Morgan fingerprint density at radius 3 is 1.00 bits per heavy atom. The number of aliphatic hydroxyl groups excluding tert-OH is 1. The highest BCUT2D eigenvalue weighted by molar-refractivity contribution is 7.45. The third kappa shape index (κ3) is 71.4. The molecular formula is C79H149N2O6P. The number of quaternary nitrogens is 1. The maximum absolute atomic E-state index is 13.1. The van der Waals surface area contributed by atoms with E-state index < -0.39 is 26.6 Å². The van der Waals surface area contributed by atoms with Crippen molar-refractivity contribution in [3.63, 3.8) is 0 Å². The number of likely N-dealkylation sites (N-methyl/N-ethyl adjacent to an activating group) is 1. The van der Waals surface area contributed by atoms with Crippen molar-refractivity contribution in [1.29, 1.82) is 0 Å². The lowest BCUT2D eigenvalue weighted by Crippen LogP contribution is -2.45. The number of nitrogens with one attached hydrogen (secondary N) is 1. The Kier molecular flexibility index (Phi) is 67.7. The van der Waals surface area contributed by atoms with E-state index in [1.807, 2.05) is 27.2 Å². The minimum Gasteiger partial charge on any atom is -0.756 e. The van der Waals surface area contributed by atoms with Crippen LogP contribution in [0.2, 0.25) is 0 Å². The van der Waals surface area contributed by atoms with Gasteiger partial charge in [-0.3, -0.25) is 9.36 Å². The smallest absolute Gasteiger partial charge is 0.268 e. The van der Waals surface area contributed by atoms with Crippen LogP contribution in [0, 0.1) is 0 Å². The highest BCUT2D eigenvalue weighted by atomic mass is 31.2. The van der Waals surface area contributed by atoms with Gasteiger partial charge in [0.05, 0.1) is 39.9 Å². The highest BCUT2D eigenvalue weighted by Crippen LogP contribution is 2.38. The van der Waals surface area contributed by atoms with E-state index in [0.717, 1.165) is 57.8 Å². The minimum atomic E-state index is -4.62. The predicted molar refractivity (Wildman–Crippen MR) is 385 cm³/mol. The summed E-state index contributed by atoms with van der Waals surface area (Å²) in [5, 5.41) is 13.9. The Hall–Kier alpha value is -2.06. The molecule has 8 nitrogen and oxygen atoms in total. The van der Waals surface area contributed by atoms with Crippen molar-refractivity contribution in [3.05, 3.63) is 72.9 Å². The normalized spacial score (nSPS) is 13.9. The quantitative estimate of drug-likeness (QED) is 0.0272. The van der Waals surface area contributed by atoms with E-state index in [-0.39, 0.29) is 12.5 Å². The van der Waals surface area contributed by atoms with Gasteiger partial charge in [0.25, 0.3) is 7.82 Å². The molecule has 9 heteroatoms. The molecule has 0 radical (unpaired) electrons. The molecule has 0 aliphatic rings. The molecule has 88 heavy (non-hydrogen) atoms. The van der Waals surface area contributed by atoms with Crippen LogP contribution in [-0.4, -0.2) is 68.5 Å². The zero-order chi connectivity index (χ0) is 64.1. The molecule has 0 saturated carbocycles. The standard InChI is InChI=1S/C79H149N2O6P/c1-6-8-10-12-14-16-18-20-22-24-26-28-30-32-33-34-35-36-37-38-39-40-41-42-43-44-45-46-47-49-51-53-55-57-59-61-63-65-67-69-71-73-79(83)80-77(76-87-88(84,85)86-75-74-81(3,4)5)78(82)72-70-68-66-64-62-60-58-56-54-52-50-48-31-29-27-25-23-21-19-17-15-13-11-9-7-2/h18,20,24,26,30,32,54,56,62,64,70,72,77-78,82H,6-17,19,21-23,25,27-29,31,33-53,55,57-61,63,65-69,71,73-76H2,1-5H3,(H-,80,83,84,85)/b20-18-,26-24-,32-30-,56-54+,64-62+,72-70+. The number of phosphoric acid groups is 1. The van der Waals surface area contributed by atoms with Gasteiger partial charge in [0.2, 0.25) is 5.91 Å². The third-order valence-corrected chi connectivity index (χ3v) is 18.3. The fraction of sp³-hybridized carbons (Fsp3) is 0.835. The van der Waals surface area contributed by atoms with Crippen molar-refractivity contribution >= 4 is 13.7 Å². The van der Waals surface area contributed by atoms with E-state index in [4.69, 9.17) is 9.05 Å². The number of nitrogens with zero attached hydrogens (tertiary/aromatic N) is 1. The van der Waals surface area contributed by atoms with Crippen LogP contribution in [0.1, 0.15) is 373 Å². The lowest BCUT2D eigenvalue weighted by atomic mass is 10.0. The first-order valence-corrected chi connectivity index (χ1v) is 39.8. The molecule has 516 valence electrons. The van der Waals surface area contributed by atoms with Gasteiger partial charge in [-0.25, -0.2) is 0 Å². The summed E-state index contributed by atoms with van der Waals surface area (Å²) < 4.78 is 23.5. The summed E-state index contributed by atoms with van der Waals surface area (Å²) in [5.41, 5.74) is 0. The lowest BCUT2D eigenvalue weighted by molar-refractivity contribution is -0.870. The predicted octanol–water partition coefficient (Wildman–Crippen LogP) is 24.3. The number of aliphatic hydroxyl groups is 1. The van der Waals surface area contributed by atoms with Crippen molar-refractivity contribution in [2.75, 3.05) is 40.9 Å². The molecule has 0 fully saturated rings. The summed E-state index contributed by atoms with van der Waals surface area (Å²) >= 11 is 0. The number of hydrogen-bond donors (Lipinski definition) is 2. The van der Waals surface area contributed by atoms with Crippen molar-refractivity contribution in [2.45, 2.75) is 386 Å². The highest BCUT2D eigenvalue weighted by Gasteiger charge is 2.23. The fourth-order valence-corrected chi connectivity index (χ4v) is 12.2. The zero-order valence-corrected chi connectivity index (χ0v) is 60.1. The molecule has 0 aromatic heterocycles. The van der Waals surface area contributed by atoms with Crippen LogP contribution in [0.15, 0.2) is 72.9 Å². The van der Waals surface area contributed by atoms with Gasteiger partial charge >= 0.3 is 0 Å². The third-order valence-electron chi connectivity index (χ3n) is 17.4. The molecule has 0 aliphatic carbocycles. The molecule has 0 spiro atoms. The monoisotopic (exact) mass is 1250 g/mol. The zero-order valence-electron chi connectivity index (χ0n) is 59.2. The van der Waals surface area contributed by atoms with Gasteiger partial charge in [0, 0.05) is 6.42 Å². The summed E-state index contributed by atoms with van der Waals surface area (Å²) in [7, 11) is 1.25. The number of amides is 1. The second-order valence-electron chi connectivity index (χ2n) is 27.3. The number of allylic oxidation sites excluding steroid dienone is 11. The largest absolute Gasteiger partial charge is 0.756 e. The second-order valence-corrected chi connectivity index (χ2v) is 28.7. The molecule has 1 amide bonds. The molecule has 3 unspecified atom stereocenters. The van der Waals surface area contributed by atoms with Gasteiger partial charge in [-0.05, 0) is 83.5 Å². The van der Waals surface area contributed by atoms with Crippen molar-refractivity contribution in [3.8, 4) is 0 Å². The lowest BCUT2D eigenvalue weighted by Gasteiger charge is -2.29. The van der Waals surface area contributed by atoms with Gasteiger partial charge in [0.15, 0.2) is 0 Å². The Balaban J connectivity index is 3.98. The van der Waals surface area contributed by atoms with Crippen molar-refractivity contribution in [1.82, 2.24) is 5.32 Å². The molecular weight excluding hydrogens is 1100 g/mol. The number of carbonyl (C=O) groups excluding carboxylic acids is 1. The Labute approximate surface area is 548 Å². The van der Waals surface area contributed by atoms with Crippen LogP contribution >= 0.6 is 7.82 Å². The molecule has 0 bridgehead atoms. The molecule has 2 N–H and O–H groups in total. The van der Waals surface area contributed by atoms with Crippen molar-refractivity contribution < 1.29 is 32.9 Å². The molecule has 3 atom stereocenters. The first kappa shape index (κ1) is 85.9. The fourth-order valence-electron chi connectivity index (χ4n) is 11.4. The maximum atomic E-state index is 13.1. The Morgan fingerprint density at radius 2 is 0.670 bits per heavy atom. The molecule has 0 aromatic carbocycles. The van der Waals surface area contributed by atoms with E-state index in [1.54, 1.807) is 6.08 Å². The van der Waals surface area contributed by atoms with Crippen LogP contribution in [0.5, 0.6) is 0 Å². The molecule has 0 saturated heterocycles. The van der Waals surface area contributed by atoms with Crippen LogP contribution in [-0.2, 0) is 18.4 Å². The summed E-state index contributed by atoms with van der Waals surface area (Å²) in [6, 6.07) is -0.912. The second kappa shape index (κ2) is 69.3. The summed E-state index contributed by atoms with van der Waals surface area (Å²) in [5.74, 6) is -0.205. The number of unbranched alkanes of at least 4 members (excludes halogenated alkanes) is 48. The van der Waals surface area contributed by atoms with E-state index in [0.29, 0.717) is 17.4 Å². The molecule has 0 heterocycles. The number of phosphoric ester groups is 1. The average Bonchev–Trinajstić information content (AvgIpc) is 3.71. The minimum absolute atomic E-state index is 0.00886. The molecule has 0 rings (SSSR count). The van der Waals surface area contributed by atoms with Gasteiger partial charge in [0.1, 0.15) is 13.2 Å². The number of hydrogen-bond acceptors (Lipinski definition) is 6. The van der Waals surface area contributed by atoms with Crippen molar-refractivity contribution in [2.24, 2.45) is 0 Å². The van der Waals surface area contributed by atoms with E-state index in [9.17, 15) is 19.4 Å². The first-order chi connectivity index (χ1) is 43.0. The maximum Gasteiger partial charge on any atom is 0.268 e. The van der Waals surface area contributed by atoms with Gasteiger partial charge in [-0.2, -0.15) is 0 Å². The summed E-state index contributed by atoms with van der Waals surface area (Å²) in [6.45, 7) is 4.65. The van der Waals surface area contributed by atoms with Gasteiger partial charge in [-0.15, -0.1) is 0 Å². The Morgan fingerprint density at radius 1 is 0.398 bits per heavy atom. The van der Waals surface area contributed by atoms with Crippen LogP contribution in [0.25, 0.3) is 0 Å². The van der Waals surface area contributed by atoms with Gasteiger partial charge in [-0.1, -0.05) is 356 Å². The number of carbonyl (C=O) groups is 1. The van der Waals surface area contributed by atoms with E-state index in [1.165, 1.54) is 295 Å². The summed E-state index contributed by atoms with van der Waals surface area (Å²) in [4.78, 5) is 25.7. The SMILES string of the molecule is CCCCCCC/C=C\C/C=C\C/C=C\CCCCCCCCCCCCCCCCCCCCCCCCCCCCC(=O)NC(COP(=O)([O-])OCC[N+](C)(C)C)C(O)/C=C/CC/C=C/CC/C=C/CCCCCCCCCCCCCCCCC. The van der Waals surface area contributed by atoms with Crippen LogP contribution in [0.3, 0.4) is 0 Å². The first-order valence-electron chi connectivity index (χ1n) is 38.3. The summed E-state index contributed by atoms with van der Waals surface area (Å²) in [6.07, 6.45) is 97.8.